The summed E-state index contributed by atoms with van der Waals surface area (Å²) >= 11 is 0. The van der Waals surface area contributed by atoms with Gasteiger partial charge in [-0.3, -0.25) is 4.55 Å². The second-order valence-corrected chi connectivity index (χ2v) is 7.68. The van der Waals surface area contributed by atoms with Gasteiger partial charge in [-0.05, 0) is 19.3 Å². The van der Waals surface area contributed by atoms with Crippen LogP contribution < -0.4 is 0 Å². The Labute approximate surface area is 142 Å². The standard InChI is InChI=1S/C17H34O5S/c1-2-3-4-5-6-7-8-9-10-11-14-21-16-12-13-17(15-16)22-23(18,19)20/h16-17H,2-15H2,1H3,(H,18,19,20). The minimum absolute atomic E-state index is 0.0697. The van der Waals surface area contributed by atoms with Crippen LogP contribution in [-0.2, 0) is 19.3 Å². The molecular weight excluding hydrogens is 316 g/mol. The van der Waals surface area contributed by atoms with E-state index in [1.165, 1.54) is 57.8 Å². The van der Waals surface area contributed by atoms with Gasteiger partial charge in [0.2, 0.25) is 0 Å². The zero-order chi connectivity index (χ0) is 17.0. The Kier molecular flexibility index (Phi) is 11.1. The summed E-state index contributed by atoms with van der Waals surface area (Å²) in [6.07, 6.45) is 14.6. The Morgan fingerprint density at radius 3 is 1.96 bits per heavy atom. The molecule has 2 atom stereocenters. The maximum atomic E-state index is 10.6. The van der Waals surface area contributed by atoms with Gasteiger partial charge in [0.25, 0.3) is 0 Å². The number of hydrogen-bond donors (Lipinski definition) is 1. The molecule has 0 aliphatic heterocycles. The Morgan fingerprint density at radius 1 is 0.870 bits per heavy atom. The van der Waals surface area contributed by atoms with Crippen molar-refractivity contribution in [2.45, 2.75) is 103 Å². The third-order valence-corrected chi connectivity index (χ3v) is 4.96. The van der Waals surface area contributed by atoms with E-state index in [0.29, 0.717) is 12.8 Å². The highest BCUT2D eigenvalue weighted by Gasteiger charge is 2.29. The molecule has 1 fully saturated rings. The van der Waals surface area contributed by atoms with Crippen LogP contribution >= 0.6 is 0 Å². The van der Waals surface area contributed by atoms with Crippen LogP contribution in [0.3, 0.4) is 0 Å². The molecule has 1 saturated carbocycles. The minimum Gasteiger partial charge on any atom is -0.378 e. The van der Waals surface area contributed by atoms with E-state index in [1.807, 2.05) is 0 Å². The zero-order valence-electron chi connectivity index (χ0n) is 14.5. The summed E-state index contributed by atoms with van der Waals surface area (Å²) < 4.78 is 40.3. The van der Waals surface area contributed by atoms with Crippen LogP contribution in [0, 0.1) is 0 Å². The maximum Gasteiger partial charge on any atom is 0.397 e. The number of ether oxygens (including phenoxy) is 1. The van der Waals surface area contributed by atoms with Gasteiger partial charge in [-0.15, -0.1) is 0 Å². The molecule has 1 rings (SSSR count). The van der Waals surface area contributed by atoms with E-state index in [9.17, 15) is 8.42 Å². The van der Waals surface area contributed by atoms with Gasteiger partial charge in [-0.1, -0.05) is 64.7 Å². The van der Waals surface area contributed by atoms with Crippen molar-refractivity contribution in [2.24, 2.45) is 0 Å². The van der Waals surface area contributed by atoms with Gasteiger partial charge < -0.3 is 4.74 Å². The van der Waals surface area contributed by atoms with Crippen LogP contribution in [0.2, 0.25) is 0 Å². The summed E-state index contributed by atoms with van der Waals surface area (Å²) in [5.41, 5.74) is 0. The average Bonchev–Trinajstić information content (AvgIpc) is 2.90. The van der Waals surface area contributed by atoms with Crippen LogP contribution in [0.25, 0.3) is 0 Å². The topological polar surface area (TPSA) is 72.8 Å². The normalized spacial score (nSPS) is 21.8. The fourth-order valence-corrected chi connectivity index (χ4v) is 3.67. The lowest BCUT2D eigenvalue weighted by Gasteiger charge is -2.12. The van der Waals surface area contributed by atoms with Gasteiger partial charge in [-0.25, -0.2) is 4.18 Å². The molecule has 23 heavy (non-hydrogen) atoms. The molecule has 0 radical (unpaired) electrons. The van der Waals surface area contributed by atoms with E-state index in [-0.39, 0.29) is 6.10 Å². The van der Waals surface area contributed by atoms with Crippen molar-refractivity contribution >= 4 is 10.4 Å². The van der Waals surface area contributed by atoms with E-state index in [2.05, 4.69) is 11.1 Å². The number of hydrogen-bond acceptors (Lipinski definition) is 4. The van der Waals surface area contributed by atoms with Gasteiger partial charge in [0, 0.05) is 13.0 Å². The smallest absolute Gasteiger partial charge is 0.378 e. The molecular formula is C17H34O5S. The monoisotopic (exact) mass is 350 g/mol. The van der Waals surface area contributed by atoms with Crippen molar-refractivity contribution in [3.63, 3.8) is 0 Å². The van der Waals surface area contributed by atoms with Crippen molar-refractivity contribution in [1.82, 2.24) is 0 Å². The van der Waals surface area contributed by atoms with Crippen molar-refractivity contribution in [3.8, 4) is 0 Å². The first-order valence-corrected chi connectivity index (χ1v) is 10.6. The summed E-state index contributed by atoms with van der Waals surface area (Å²) in [5.74, 6) is 0. The van der Waals surface area contributed by atoms with Crippen molar-refractivity contribution < 1.29 is 21.9 Å². The van der Waals surface area contributed by atoms with Crippen LogP contribution in [0.4, 0.5) is 0 Å². The molecule has 0 aromatic carbocycles. The molecule has 1 aliphatic rings. The number of unbranched alkanes of at least 4 members (excludes halogenated alkanes) is 9. The van der Waals surface area contributed by atoms with Crippen molar-refractivity contribution in [2.75, 3.05) is 6.61 Å². The fraction of sp³-hybridized carbons (Fsp3) is 1.00. The molecule has 0 heterocycles. The second-order valence-electron chi connectivity index (χ2n) is 6.63. The molecule has 0 aromatic heterocycles. The summed E-state index contributed by atoms with van der Waals surface area (Å²) in [7, 11) is -4.33. The first-order chi connectivity index (χ1) is 11.0. The van der Waals surface area contributed by atoms with Crippen LogP contribution in [0.1, 0.15) is 90.4 Å². The first-order valence-electron chi connectivity index (χ1n) is 9.28. The van der Waals surface area contributed by atoms with Crippen molar-refractivity contribution in [3.05, 3.63) is 0 Å². The lowest BCUT2D eigenvalue weighted by Crippen LogP contribution is -2.17. The summed E-state index contributed by atoms with van der Waals surface area (Å²) in [6.45, 7) is 2.98. The van der Waals surface area contributed by atoms with Gasteiger partial charge in [-0.2, -0.15) is 8.42 Å². The zero-order valence-corrected chi connectivity index (χ0v) is 15.4. The largest absolute Gasteiger partial charge is 0.397 e. The highest BCUT2D eigenvalue weighted by Crippen LogP contribution is 2.26. The lowest BCUT2D eigenvalue weighted by atomic mass is 10.1. The molecule has 6 heteroatoms. The molecule has 0 amide bonds. The Balaban J connectivity index is 1.87. The van der Waals surface area contributed by atoms with E-state index < -0.39 is 16.5 Å². The Hall–Kier alpha value is -0.170. The van der Waals surface area contributed by atoms with Crippen LogP contribution in [0.5, 0.6) is 0 Å². The molecule has 2 unspecified atom stereocenters. The fourth-order valence-electron chi connectivity index (χ4n) is 3.15. The maximum absolute atomic E-state index is 10.6. The SMILES string of the molecule is CCCCCCCCCCCCOC1CCC(OS(=O)(=O)O)C1. The highest BCUT2D eigenvalue weighted by molar-refractivity contribution is 7.80. The minimum atomic E-state index is -4.33. The molecule has 138 valence electrons. The summed E-state index contributed by atoms with van der Waals surface area (Å²) in [6, 6.07) is 0. The molecule has 0 saturated heterocycles. The van der Waals surface area contributed by atoms with E-state index in [1.54, 1.807) is 0 Å². The Morgan fingerprint density at radius 2 is 1.39 bits per heavy atom. The molecule has 1 aliphatic carbocycles. The predicted octanol–water partition coefficient (Wildman–Crippen LogP) is 4.66. The predicted molar refractivity (Wildman–Crippen MR) is 91.9 cm³/mol. The average molecular weight is 351 g/mol. The first kappa shape index (κ1) is 20.9. The molecule has 0 bridgehead atoms. The van der Waals surface area contributed by atoms with Gasteiger partial charge in [0.15, 0.2) is 0 Å². The summed E-state index contributed by atoms with van der Waals surface area (Å²) in [5, 5.41) is 0. The highest BCUT2D eigenvalue weighted by atomic mass is 32.3. The van der Waals surface area contributed by atoms with Crippen LogP contribution in [0.15, 0.2) is 0 Å². The van der Waals surface area contributed by atoms with Crippen LogP contribution in [-0.4, -0.2) is 31.8 Å². The quantitative estimate of drug-likeness (QED) is 0.364. The van der Waals surface area contributed by atoms with E-state index in [0.717, 1.165) is 19.4 Å². The second kappa shape index (κ2) is 12.2. The van der Waals surface area contributed by atoms with Gasteiger partial charge in [0.1, 0.15) is 0 Å². The lowest BCUT2D eigenvalue weighted by molar-refractivity contribution is 0.0469. The molecule has 0 spiro atoms. The number of rotatable bonds is 14. The third-order valence-electron chi connectivity index (χ3n) is 4.45. The van der Waals surface area contributed by atoms with E-state index >= 15 is 0 Å². The van der Waals surface area contributed by atoms with Crippen molar-refractivity contribution in [1.29, 1.82) is 0 Å². The van der Waals surface area contributed by atoms with E-state index in [4.69, 9.17) is 9.29 Å². The molecule has 5 nitrogen and oxygen atoms in total. The molecule has 0 aromatic rings. The molecule has 1 N–H and O–H groups in total. The third kappa shape index (κ3) is 11.9. The summed E-state index contributed by atoms with van der Waals surface area (Å²) in [4.78, 5) is 0. The van der Waals surface area contributed by atoms with Gasteiger partial charge >= 0.3 is 10.4 Å². The Bertz CT molecular complexity index is 382. The van der Waals surface area contributed by atoms with Gasteiger partial charge in [0.05, 0.1) is 12.2 Å².